The van der Waals surface area contributed by atoms with Crippen molar-refractivity contribution in [2.75, 3.05) is 38.1 Å². The third-order valence-electron chi connectivity index (χ3n) is 6.29. The highest BCUT2D eigenvalue weighted by Gasteiger charge is 2.51. The average Bonchev–Trinajstić information content (AvgIpc) is 2.93. The molecule has 0 saturated carbocycles. The van der Waals surface area contributed by atoms with Crippen molar-refractivity contribution in [1.29, 1.82) is 0 Å². The molecule has 1 N–H and O–H groups in total. The maximum Gasteiger partial charge on any atom is 0.494 e. The van der Waals surface area contributed by atoms with Crippen molar-refractivity contribution in [2.45, 2.75) is 65.3 Å². The molecule has 2 amide bonds. The number of piperazine rings is 1. The first-order valence-electron chi connectivity index (χ1n) is 11.2. The molecule has 8 nitrogen and oxygen atoms in total. The minimum Gasteiger partial charge on any atom is -0.444 e. The normalized spacial score (nSPS) is 20.3. The summed E-state index contributed by atoms with van der Waals surface area (Å²) in [5.74, 6) is -0.157. The van der Waals surface area contributed by atoms with E-state index in [-0.39, 0.29) is 12.0 Å². The van der Waals surface area contributed by atoms with E-state index in [1.165, 1.54) is 0 Å². The van der Waals surface area contributed by atoms with Crippen LogP contribution in [0, 0.1) is 0 Å². The SMILES string of the molecule is CNC(=O)c1ccc(B2OC(C)(C)C(C)(C)O2)cc1N1CCN(C(=O)OC(C)(C)C)CC1. The van der Waals surface area contributed by atoms with Gasteiger partial charge in [-0.05, 0) is 66.1 Å². The van der Waals surface area contributed by atoms with Gasteiger partial charge in [0.2, 0.25) is 0 Å². The van der Waals surface area contributed by atoms with E-state index in [0.717, 1.165) is 11.2 Å². The molecular weight excluding hydrogens is 409 g/mol. The van der Waals surface area contributed by atoms with Crippen molar-refractivity contribution in [3.63, 3.8) is 0 Å². The number of hydrogen-bond acceptors (Lipinski definition) is 6. The highest BCUT2D eigenvalue weighted by atomic mass is 16.7. The molecular formula is C23H36BN3O5. The molecule has 32 heavy (non-hydrogen) atoms. The number of anilines is 1. The zero-order valence-corrected chi connectivity index (χ0v) is 20.6. The summed E-state index contributed by atoms with van der Waals surface area (Å²) < 4.78 is 17.9. The van der Waals surface area contributed by atoms with Crippen LogP contribution in [0.1, 0.15) is 58.8 Å². The first-order valence-corrected chi connectivity index (χ1v) is 11.2. The van der Waals surface area contributed by atoms with Gasteiger partial charge in [0, 0.05) is 38.9 Å². The summed E-state index contributed by atoms with van der Waals surface area (Å²) in [5.41, 5.74) is 0.824. The van der Waals surface area contributed by atoms with Crippen LogP contribution in [0.15, 0.2) is 18.2 Å². The smallest absolute Gasteiger partial charge is 0.444 e. The molecule has 1 aromatic rings. The summed E-state index contributed by atoms with van der Waals surface area (Å²) in [6, 6.07) is 5.66. The van der Waals surface area contributed by atoms with Crippen LogP contribution < -0.4 is 15.7 Å². The van der Waals surface area contributed by atoms with Gasteiger partial charge in [-0.1, -0.05) is 6.07 Å². The Kier molecular flexibility index (Phi) is 6.55. The zero-order chi connectivity index (χ0) is 23.9. The Morgan fingerprint density at radius 3 is 2.09 bits per heavy atom. The predicted octanol–water partition coefficient (Wildman–Crippen LogP) is 2.40. The topological polar surface area (TPSA) is 80.3 Å². The Hall–Kier alpha value is -2.26. The number of ether oxygens (including phenoxy) is 1. The molecule has 0 aliphatic carbocycles. The van der Waals surface area contributed by atoms with Gasteiger partial charge in [-0.25, -0.2) is 4.79 Å². The molecule has 0 radical (unpaired) electrons. The van der Waals surface area contributed by atoms with Gasteiger partial charge < -0.3 is 29.2 Å². The third kappa shape index (κ3) is 5.04. The summed E-state index contributed by atoms with van der Waals surface area (Å²) in [6.45, 7) is 15.9. The quantitative estimate of drug-likeness (QED) is 0.720. The van der Waals surface area contributed by atoms with Gasteiger partial charge in [0.25, 0.3) is 5.91 Å². The number of rotatable bonds is 3. The molecule has 2 heterocycles. The van der Waals surface area contributed by atoms with E-state index in [1.807, 2.05) is 66.7 Å². The molecule has 0 bridgehead atoms. The summed E-state index contributed by atoms with van der Waals surface area (Å²) in [7, 11) is 1.11. The minimum absolute atomic E-state index is 0.157. The lowest BCUT2D eigenvalue weighted by Gasteiger charge is -2.37. The Morgan fingerprint density at radius 2 is 1.59 bits per heavy atom. The lowest BCUT2D eigenvalue weighted by molar-refractivity contribution is 0.00578. The van der Waals surface area contributed by atoms with E-state index in [9.17, 15) is 9.59 Å². The number of nitrogens with zero attached hydrogens (tertiary/aromatic N) is 2. The number of nitrogens with one attached hydrogen (secondary N) is 1. The summed E-state index contributed by atoms with van der Waals surface area (Å²) in [6.07, 6.45) is -0.311. The van der Waals surface area contributed by atoms with Gasteiger partial charge in [0.05, 0.1) is 16.8 Å². The van der Waals surface area contributed by atoms with E-state index in [0.29, 0.717) is 31.7 Å². The monoisotopic (exact) mass is 445 g/mol. The van der Waals surface area contributed by atoms with Crippen molar-refractivity contribution in [3.8, 4) is 0 Å². The maximum atomic E-state index is 12.6. The largest absolute Gasteiger partial charge is 0.494 e. The maximum absolute atomic E-state index is 12.6. The molecule has 0 spiro atoms. The molecule has 0 unspecified atom stereocenters. The molecule has 2 saturated heterocycles. The van der Waals surface area contributed by atoms with E-state index in [2.05, 4.69) is 10.2 Å². The molecule has 9 heteroatoms. The van der Waals surface area contributed by atoms with Crippen LogP contribution in [0.4, 0.5) is 10.5 Å². The summed E-state index contributed by atoms with van der Waals surface area (Å²) >= 11 is 0. The fourth-order valence-electron chi connectivity index (χ4n) is 3.72. The molecule has 2 aliphatic rings. The van der Waals surface area contributed by atoms with E-state index < -0.39 is 23.9 Å². The van der Waals surface area contributed by atoms with Crippen molar-refractivity contribution >= 4 is 30.3 Å². The average molecular weight is 445 g/mol. The number of carbonyl (C=O) groups excluding carboxylic acids is 2. The lowest BCUT2D eigenvalue weighted by atomic mass is 9.78. The van der Waals surface area contributed by atoms with Crippen LogP contribution in [0.2, 0.25) is 0 Å². The number of carbonyl (C=O) groups is 2. The molecule has 1 aromatic carbocycles. The standard InChI is InChI=1S/C23H36BN3O5/c1-21(2,3)30-20(29)27-13-11-26(12-14-27)18-15-16(9-10-17(18)19(28)25-8)24-31-22(4,5)23(6,7)32-24/h9-10,15H,11-14H2,1-8H3,(H,25,28). The van der Waals surface area contributed by atoms with Crippen LogP contribution in [0.3, 0.4) is 0 Å². The molecule has 176 valence electrons. The first-order chi connectivity index (χ1) is 14.7. The Balaban J connectivity index is 1.82. The van der Waals surface area contributed by atoms with Crippen molar-refractivity contribution < 1.29 is 23.6 Å². The zero-order valence-electron chi connectivity index (χ0n) is 20.6. The Morgan fingerprint density at radius 1 is 1.03 bits per heavy atom. The second-order valence-electron chi connectivity index (χ2n) is 10.4. The van der Waals surface area contributed by atoms with Crippen molar-refractivity contribution in [2.24, 2.45) is 0 Å². The fraction of sp³-hybridized carbons (Fsp3) is 0.652. The van der Waals surface area contributed by atoms with E-state index >= 15 is 0 Å². The van der Waals surface area contributed by atoms with Gasteiger partial charge in [-0.15, -0.1) is 0 Å². The van der Waals surface area contributed by atoms with Gasteiger partial charge in [-0.2, -0.15) is 0 Å². The van der Waals surface area contributed by atoms with Gasteiger partial charge in [0.15, 0.2) is 0 Å². The van der Waals surface area contributed by atoms with Gasteiger partial charge >= 0.3 is 13.2 Å². The van der Waals surface area contributed by atoms with Gasteiger partial charge in [0.1, 0.15) is 5.60 Å². The summed E-state index contributed by atoms with van der Waals surface area (Å²) in [4.78, 5) is 28.8. The lowest BCUT2D eigenvalue weighted by Crippen LogP contribution is -2.50. The van der Waals surface area contributed by atoms with Crippen molar-refractivity contribution in [3.05, 3.63) is 23.8 Å². The molecule has 2 fully saturated rings. The molecule has 0 aromatic heterocycles. The third-order valence-corrected chi connectivity index (χ3v) is 6.29. The van der Waals surface area contributed by atoms with Gasteiger partial charge in [-0.3, -0.25) is 4.79 Å². The highest BCUT2D eigenvalue weighted by Crippen LogP contribution is 2.37. The number of benzene rings is 1. The first kappa shape index (κ1) is 24.4. The van der Waals surface area contributed by atoms with E-state index in [4.69, 9.17) is 14.0 Å². The predicted molar refractivity (Wildman–Crippen MR) is 126 cm³/mol. The van der Waals surface area contributed by atoms with Crippen molar-refractivity contribution in [1.82, 2.24) is 10.2 Å². The minimum atomic E-state index is -0.530. The highest BCUT2D eigenvalue weighted by molar-refractivity contribution is 6.62. The van der Waals surface area contributed by atoms with Crippen LogP contribution in [0.25, 0.3) is 0 Å². The fourth-order valence-corrected chi connectivity index (χ4v) is 3.72. The van der Waals surface area contributed by atoms with Crippen LogP contribution in [-0.4, -0.2) is 74.0 Å². The Bertz CT molecular complexity index is 857. The van der Waals surface area contributed by atoms with E-state index in [1.54, 1.807) is 11.9 Å². The molecule has 3 rings (SSSR count). The summed E-state index contributed by atoms with van der Waals surface area (Å²) in [5, 5.41) is 2.72. The molecule has 0 atom stereocenters. The van der Waals surface area contributed by atoms with Crippen LogP contribution >= 0.6 is 0 Å². The second-order valence-corrected chi connectivity index (χ2v) is 10.4. The Labute approximate surface area is 191 Å². The number of amides is 2. The second kappa shape index (κ2) is 8.59. The number of hydrogen-bond donors (Lipinski definition) is 1. The molecule has 2 aliphatic heterocycles. The van der Waals surface area contributed by atoms with Crippen LogP contribution in [-0.2, 0) is 14.0 Å². The van der Waals surface area contributed by atoms with Crippen LogP contribution in [0.5, 0.6) is 0 Å².